The van der Waals surface area contributed by atoms with Gasteiger partial charge >= 0.3 is 0 Å². The first-order valence-corrected chi connectivity index (χ1v) is 4.18. The summed E-state index contributed by atoms with van der Waals surface area (Å²) in [6.45, 7) is 7.29. The molecule has 1 atom stereocenters. The Morgan fingerprint density at radius 3 is 2.23 bits per heavy atom. The Labute approximate surface area is 80.9 Å². The molecule has 0 saturated heterocycles. The van der Waals surface area contributed by atoms with Crippen LogP contribution in [-0.2, 0) is 0 Å². The quantitative estimate of drug-likeness (QED) is 0.513. The van der Waals surface area contributed by atoms with Crippen molar-refractivity contribution in [3.05, 3.63) is 12.7 Å². The van der Waals surface area contributed by atoms with Crippen LogP contribution < -0.4 is 0 Å². The van der Waals surface area contributed by atoms with E-state index in [9.17, 15) is 5.11 Å². The van der Waals surface area contributed by atoms with Gasteiger partial charge in [-0.25, -0.2) is 0 Å². The van der Waals surface area contributed by atoms with E-state index in [2.05, 4.69) is 18.4 Å². The lowest BCUT2D eigenvalue weighted by atomic mass is 9.80. The monoisotopic (exact) mass is 176 g/mol. The standard InChI is InChI=1S/C12H16O/c1-6-9-12(13,8-3)10-11(4,5)7-2/h2-3,6,13H,1,9-10H2,4-5H3. The predicted molar refractivity (Wildman–Crippen MR) is 55.8 cm³/mol. The van der Waals surface area contributed by atoms with Crippen LogP contribution in [0.3, 0.4) is 0 Å². The van der Waals surface area contributed by atoms with Gasteiger partial charge in [-0.2, -0.15) is 0 Å². The van der Waals surface area contributed by atoms with Gasteiger partial charge in [-0.3, -0.25) is 0 Å². The van der Waals surface area contributed by atoms with Gasteiger partial charge in [0.05, 0.1) is 0 Å². The van der Waals surface area contributed by atoms with Crippen LogP contribution in [-0.4, -0.2) is 10.7 Å². The molecule has 70 valence electrons. The summed E-state index contributed by atoms with van der Waals surface area (Å²) in [6, 6.07) is 0. The third-order valence-corrected chi connectivity index (χ3v) is 1.88. The molecule has 0 bridgehead atoms. The summed E-state index contributed by atoms with van der Waals surface area (Å²) in [5.74, 6) is 4.96. The van der Waals surface area contributed by atoms with Crippen LogP contribution in [0.15, 0.2) is 12.7 Å². The minimum Gasteiger partial charge on any atom is -0.377 e. The maximum Gasteiger partial charge on any atom is 0.130 e. The smallest absolute Gasteiger partial charge is 0.130 e. The van der Waals surface area contributed by atoms with E-state index in [-0.39, 0.29) is 5.41 Å². The van der Waals surface area contributed by atoms with Crippen molar-refractivity contribution in [2.24, 2.45) is 5.41 Å². The number of rotatable bonds is 4. The van der Waals surface area contributed by atoms with Crippen molar-refractivity contribution in [3.8, 4) is 24.7 Å². The van der Waals surface area contributed by atoms with Crippen LogP contribution in [0.1, 0.15) is 26.7 Å². The lowest BCUT2D eigenvalue weighted by Gasteiger charge is -2.28. The first kappa shape index (κ1) is 11.8. The van der Waals surface area contributed by atoms with Gasteiger partial charge in [-0.05, 0) is 13.8 Å². The maximum atomic E-state index is 9.88. The second-order valence-corrected chi connectivity index (χ2v) is 3.87. The van der Waals surface area contributed by atoms with Crippen molar-refractivity contribution in [3.63, 3.8) is 0 Å². The first-order valence-electron chi connectivity index (χ1n) is 4.18. The number of hydrogen-bond acceptors (Lipinski definition) is 1. The molecule has 0 aliphatic heterocycles. The Kier molecular flexibility index (Phi) is 3.79. The molecule has 1 N–H and O–H groups in total. The van der Waals surface area contributed by atoms with Crippen LogP contribution in [0.4, 0.5) is 0 Å². The van der Waals surface area contributed by atoms with Crippen LogP contribution >= 0.6 is 0 Å². The van der Waals surface area contributed by atoms with E-state index >= 15 is 0 Å². The van der Waals surface area contributed by atoms with Crippen molar-refractivity contribution >= 4 is 0 Å². The molecule has 0 aliphatic rings. The van der Waals surface area contributed by atoms with Gasteiger partial charge in [0.2, 0.25) is 0 Å². The lowest BCUT2D eigenvalue weighted by Crippen LogP contribution is -2.32. The zero-order chi connectivity index (χ0) is 10.5. The largest absolute Gasteiger partial charge is 0.377 e. The fourth-order valence-corrected chi connectivity index (χ4v) is 1.20. The molecule has 13 heavy (non-hydrogen) atoms. The summed E-state index contributed by atoms with van der Waals surface area (Å²) in [4.78, 5) is 0. The zero-order valence-electron chi connectivity index (χ0n) is 8.30. The first-order chi connectivity index (χ1) is 5.89. The number of hydrogen-bond donors (Lipinski definition) is 1. The second kappa shape index (κ2) is 4.17. The van der Waals surface area contributed by atoms with Gasteiger partial charge in [0.1, 0.15) is 5.60 Å². The number of aliphatic hydroxyl groups is 1. The summed E-state index contributed by atoms with van der Waals surface area (Å²) < 4.78 is 0. The summed E-state index contributed by atoms with van der Waals surface area (Å²) in [5.41, 5.74) is -1.54. The molecule has 0 fully saturated rings. The van der Waals surface area contributed by atoms with Gasteiger partial charge in [-0.1, -0.05) is 12.0 Å². The molecular weight excluding hydrogens is 160 g/mol. The van der Waals surface area contributed by atoms with E-state index in [4.69, 9.17) is 12.8 Å². The molecule has 0 aromatic heterocycles. The highest BCUT2D eigenvalue weighted by Gasteiger charge is 2.30. The molecule has 1 heteroatoms. The zero-order valence-corrected chi connectivity index (χ0v) is 8.30. The van der Waals surface area contributed by atoms with Gasteiger partial charge in [0.25, 0.3) is 0 Å². The molecule has 0 amide bonds. The Morgan fingerprint density at radius 2 is 1.92 bits per heavy atom. The van der Waals surface area contributed by atoms with Crippen LogP contribution in [0.2, 0.25) is 0 Å². The molecule has 0 aromatic carbocycles. The van der Waals surface area contributed by atoms with Crippen molar-refractivity contribution < 1.29 is 5.11 Å². The SMILES string of the molecule is C#CC(C)(C)CC(O)(C#C)CC=C. The van der Waals surface area contributed by atoms with Gasteiger partial charge in [0.15, 0.2) is 0 Å². The van der Waals surface area contributed by atoms with Crippen molar-refractivity contribution in [2.45, 2.75) is 32.3 Å². The third-order valence-electron chi connectivity index (χ3n) is 1.88. The maximum absolute atomic E-state index is 9.88. The van der Waals surface area contributed by atoms with Crippen molar-refractivity contribution in [1.29, 1.82) is 0 Å². The lowest BCUT2D eigenvalue weighted by molar-refractivity contribution is 0.0687. The van der Waals surface area contributed by atoms with Crippen LogP contribution in [0, 0.1) is 30.1 Å². The normalized spacial score (nSPS) is 15.2. The summed E-state index contributed by atoms with van der Waals surface area (Å²) >= 11 is 0. The highest BCUT2D eigenvalue weighted by atomic mass is 16.3. The van der Waals surface area contributed by atoms with Gasteiger partial charge in [0, 0.05) is 18.3 Å². The highest BCUT2D eigenvalue weighted by molar-refractivity contribution is 5.15. The molecule has 0 spiro atoms. The molecule has 0 aromatic rings. The molecule has 0 radical (unpaired) electrons. The van der Waals surface area contributed by atoms with E-state index in [0.29, 0.717) is 12.8 Å². The summed E-state index contributed by atoms with van der Waals surface area (Å²) in [5, 5.41) is 9.88. The van der Waals surface area contributed by atoms with Crippen molar-refractivity contribution in [2.75, 3.05) is 0 Å². The fraction of sp³-hybridized carbons (Fsp3) is 0.500. The van der Waals surface area contributed by atoms with Crippen LogP contribution in [0.5, 0.6) is 0 Å². The van der Waals surface area contributed by atoms with Crippen LogP contribution in [0.25, 0.3) is 0 Å². The molecule has 1 nitrogen and oxygen atoms in total. The van der Waals surface area contributed by atoms with E-state index in [1.807, 2.05) is 13.8 Å². The molecule has 1 unspecified atom stereocenters. The average molecular weight is 176 g/mol. The second-order valence-electron chi connectivity index (χ2n) is 3.87. The average Bonchev–Trinajstić information content (AvgIpc) is 2.04. The Hall–Kier alpha value is -1.18. The Balaban J connectivity index is 4.57. The fourth-order valence-electron chi connectivity index (χ4n) is 1.20. The molecule has 0 rings (SSSR count). The van der Waals surface area contributed by atoms with E-state index in [1.165, 1.54) is 0 Å². The molecule has 0 saturated carbocycles. The topological polar surface area (TPSA) is 20.2 Å². The molecule has 0 aliphatic carbocycles. The Morgan fingerprint density at radius 1 is 1.38 bits per heavy atom. The molecule has 0 heterocycles. The minimum atomic E-state index is -1.16. The minimum absolute atomic E-state index is 0.370. The third kappa shape index (κ3) is 3.83. The Bertz CT molecular complexity index is 262. The number of terminal acetylenes is 2. The van der Waals surface area contributed by atoms with E-state index in [0.717, 1.165) is 0 Å². The van der Waals surface area contributed by atoms with E-state index < -0.39 is 5.60 Å². The van der Waals surface area contributed by atoms with E-state index in [1.54, 1.807) is 6.08 Å². The van der Waals surface area contributed by atoms with Crippen molar-refractivity contribution in [1.82, 2.24) is 0 Å². The van der Waals surface area contributed by atoms with Gasteiger partial charge < -0.3 is 5.11 Å². The molecular formula is C12H16O. The van der Waals surface area contributed by atoms with Gasteiger partial charge in [-0.15, -0.1) is 25.3 Å². The predicted octanol–water partition coefficient (Wildman–Crippen LogP) is 1.98. The summed E-state index contributed by atoms with van der Waals surface area (Å²) in [7, 11) is 0. The highest BCUT2D eigenvalue weighted by Crippen LogP contribution is 2.29. The summed E-state index contributed by atoms with van der Waals surface area (Å²) in [6.07, 6.45) is 12.9.